The summed E-state index contributed by atoms with van der Waals surface area (Å²) in [5.74, 6) is 0.583. The van der Waals surface area contributed by atoms with E-state index >= 15 is 0 Å². The van der Waals surface area contributed by atoms with E-state index in [4.69, 9.17) is 4.74 Å². The average Bonchev–Trinajstić information content (AvgIpc) is 2.95. The van der Waals surface area contributed by atoms with Crippen LogP contribution in [0.3, 0.4) is 0 Å². The zero-order chi connectivity index (χ0) is 18.7. The Hall–Kier alpha value is -2.75. The van der Waals surface area contributed by atoms with Gasteiger partial charge >= 0.3 is 0 Å². The minimum atomic E-state index is -0.106. The molecular weight excluding hydrogens is 324 g/mol. The highest BCUT2D eigenvalue weighted by molar-refractivity contribution is 6.09. The van der Waals surface area contributed by atoms with Crippen LogP contribution in [-0.2, 0) is 13.0 Å². The maximum Gasteiger partial charge on any atom is 0.272 e. The lowest BCUT2D eigenvalue weighted by Gasteiger charge is -2.13. The number of nitrogens with one attached hydrogen (secondary N) is 1. The molecule has 0 unspecified atom stereocenters. The molecule has 1 heterocycles. The molecule has 2 aromatic carbocycles. The van der Waals surface area contributed by atoms with E-state index in [2.05, 4.69) is 41.9 Å². The molecule has 26 heavy (non-hydrogen) atoms. The highest BCUT2D eigenvalue weighted by atomic mass is 16.5. The Kier molecular flexibility index (Phi) is 5.31. The Balaban J connectivity index is 2.04. The highest BCUT2D eigenvalue weighted by Gasteiger charge is 2.20. The van der Waals surface area contributed by atoms with Crippen LogP contribution >= 0.6 is 0 Å². The number of hydrogen-bond donors (Lipinski definition) is 1. The normalized spacial score (nSPS) is 10.9. The van der Waals surface area contributed by atoms with Crippen molar-refractivity contribution in [1.82, 2.24) is 4.57 Å². The number of ether oxygens (including phenoxy) is 1. The first kappa shape index (κ1) is 18.1. The number of fused-ring (bicyclic) bond motifs is 1. The molecule has 0 radical (unpaired) electrons. The smallest absolute Gasteiger partial charge is 0.272 e. The lowest BCUT2D eigenvalue weighted by molar-refractivity contribution is 0.101. The molecule has 4 heteroatoms. The molecule has 1 amide bonds. The summed E-state index contributed by atoms with van der Waals surface area (Å²) in [7, 11) is 0. The average molecular weight is 350 g/mol. The quantitative estimate of drug-likeness (QED) is 0.665. The van der Waals surface area contributed by atoms with Crippen molar-refractivity contribution in [2.45, 2.75) is 40.7 Å². The number of benzene rings is 2. The first-order valence-corrected chi connectivity index (χ1v) is 9.25. The van der Waals surface area contributed by atoms with Gasteiger partial charge in [0.15, 0.2) is 0 Å². The van der Waals surface area contributed by atoms with Gasteiger partial charge in [-0.15, -0.1) is 0 Å². The van der Waals surface area contributed by atoms with Crippen LogP contribution in [0.4, 0.5) is 5.69 Å². The Bertz CT molecular complexity index is 941. The van der Waals surface area contributed by atoms with Gasteiger partial charge in [0, 0.05) is 17.4 Å². The molecule has 136 valence electrons. The van der Waals surface area contributed by atoms with Gasteiger partial charge in [-0.05, 0) is 62.6 Å². The molecular formula is C22H26N2O2. The number of amides is 1. The maximum atomic E-state index is 13.1. The van der Waals surface area contributed by atoms with Gasteiger partial charge in [0.2, 0.25) is 0 Å². The molecule has 0 aliphatic rings. The number of aromatic nitrogens is 1. The predicted molar refractivity (Wildman–Crippen MR) is 107 cm³/mol. The molecule has 4 nitrogen and oxygen atoms in total. The monoisotopic (exact) mass is 350 g/mol. The van der Waals surface area contributed by atoms with Gasteiger partial charge in [-0.3, -0.25) is 4.79 Å². The lowest BCUT2D eigenvalue weighted by atomic mass is 10.1. The second-order valence-corrected chi connectivity index (χ2v) is 6.31. The summed E-state index contributed by atoms with van der Waals surface area (Å²) in [4.78, 5) is 13.1. The number of aryl methyl sites for hydroxylation is 3. The van der Waals surface area contributed by atoms with Gasteiger partial charge in [-0.1, -0.05) is 25.1 Å². The van der Waals surface area contributed by atoms with E-state index in [0.717, 1.165) is 29.4 Å². The van der Waals surface area contributed by atoms with Gasteiger partial charge in [0.05, 0.1) is 12.3 Å². The number of hydrogen-bond acceptors (Lipinski definition) is 2. The van der Waals surface area contributed by atoms with Crippen LogP contribution in [0, 0.1) is 6.92 Å². The largest absolute Gasteiger partial charge is 0.492 e. The zero-order valence-electron chi connectivity index (χ0n) is 15.9. The second-order valence-electron chi connectivity index (χ2n) is 6.31. The van der Waals surface area contributed by atoms with Crippen LogP contribution in [0.25, 0.3) is 10.9 Å². The van der Waals surface area contributed by atoms with Crippen molar-refractivity contribution in [3.63, 3.8) is 0 Å². The van der Waals surface area contributed by atoms with Crippen LogP contribution in [0.5, 0.6) is 5.75 Å². The van der Waals surface area contributed by atoms with Crippen molar-refractivity contribution in [3.05, 3.63) is 59.3 Å². The molecule has 0 fully saturated rings. The molecule has 0 aliphatic carbocycles. The fourth-order valence-electron chi connectivity index (χ4n) is 3.44. The van der Waals surface area contributed by atoms with E-state index in [9.17, 15) is 4.79 Å². The second kappa shape index (κ2) is 7.65. The number of para-hydroxylation sites is 2. The fraction of sp³-hybridized carbons (Fsp3) is 0.318. The molecule has 0 saturated carbocycles. The van der Waals surface area contributed by atoms with E-state index in [1.165, 1.54) is 5.56 Å². The van der Waals surface area contributed by atoms with Crippen molar-refractivity contribution in [2.75, 3.05) is 11.9 Å². The first-order valence-electron chi connectivity index (χ1n) is 9.25. The summed E-state index contributed by atoms with van der Waals surface area (Å²) in [6.45, 7) is 9.47. The number of rotatable bonds is 6. The fourth-order valence-corrected chi connectivity index (χ4v) is 3.44. The molecule has 0 spiro atoms. The SMILES string of the molecule is CCOc1ccccc1NC(=O)c1c(C)c2cc(CC)ccc2n1CC. The molecule has 0 bridgehead atoms. The van der Waals surface area contributed by atoms with Crippen molar-refractivity contribution in [2.24, 2.45) is 0 Å². The van der Waals surface area contributed by atoms with Crippen molar-refractivity contribution >= 4 is 22.5 Å². The number of nitrogens with zero attached hydrogens (tertiary/aromatic N) is 1. The van der Waals surface area contributed by atoms with E-state index in [1.54, 1.807) is 0 Å². The van der Waals surface area contributed by atoms with Gasteiger partial charge in [-0.25, -0.2) is 0 Å². The summed E-state index contributed by atoms with van der Waals surface area (Å²) in [6, 6.07) is 14.0. The minimum Gasteiger partial charge on any atom is -0.492 e. The lowest BCUT2D eigenvalue weighted by Crippen LogP contribution is -2.18. The Morgan fingerprint density at radius 1 is 1.12 bits per heavy atom. The third-order valence-corrected chi connectivity index (χ3v) is 4.76. The molecule has 0 saturated heterocycles. The van der Waals surface area contributed by atoms with Gasteiger partial charge < -0.3 is 14.6 Å². The van der Waals surface area contributed by atoms with Crippen molar-refractivity contribution in [3.8, 4) is 5.75 Å². The predicted octanol–water partition coefficient (Wildman–Crippen LogP) is 5.18. The third-order valence-electron chi connectivity index (χ3n) is 4.76. The standard InChI is InChI=1S/C22H26N2O2/c1-5-16-12-13-19-17(14-16)15(4)21(24(19)6-2)22(25)23-18-10-8-9-11-20(18)26-7-3/h8-14H,5-7H2,1-4H3,(H,23,25). The van der Waals surface area contributed by atoms with Crippen LogP contribution in [0.1, 0.15) is 42.4 Å². The van der Waals surface area contributed by atoms with Crippen molar-refractivity contribution < 1.29 is 9.53 Å². The molecule has 0 aliphatic heterocycles. The number of carbonyl (C=O) groups excluding carboxylic acids is 1. The molecule has 1 N–H and O–H groups in total. The van der Waals surface area contributed by atoms with Crippen LogP contribution < -0.4 is 10.1 Å². The number of anilines is 1. The van der Waals surface area contributed by atoms with Crippen LogP contribution in [-0.4, -0.2) is 17.1 Å². The summed E-state index contributed by atoms with van der Waals surface area (Å²) in [6.07, 6.45) is 0.982. The molecule has 3 rings (SSSR count). The number of carbonyl (C=O) groups is 1. The third kappa shape index (κ3) is 3.19. The molecule has 3 aromatic rings. The first-order chi connectivity index (χ1) is 12.6. The zero-order valence-corrected chi connectivity index (χ0v) is 15.9. The topological polar surface area (TPSA) is 43.3 Å². The van der Waals surface area contributed by atoms with E-state index < -0.39 is 0 Å². The van der Waals surface area contributed by atoms with Crippen LogP contribution in [0.15, 0.2) is 42.5 Å². The van der Waals surface area contributed by atoms with E-state index in [-0.39, 0.29) is 5.91 Å². The molecule has 1 aromatic heterocycles. The Morgan fingerprint density at radius 2 is 1.88 bits per heavy atom. The Labute approximate surface area is 154 Å². The highest BCUT2D eigenvalue weighted by Crippen LogP contribution is 2.29. The summed E-state index contributed by atoms with van der Waals surface area (Å²) in [5, 5.41) is 4.18. The maximum absolute atomic E-state index is 13.1. The summed E-state index contributed by atoms with van der Waals surface area (Å²) >= 11 is 0. The van der Waals surface area contributed by atoms with Crippen LogP contribution in [0.2, 0.25) is 0 Å². The van der Waals surface area contributed by atoms with Gasteiger partial charge in [0.25, 0.3) is 5.91 Å². The van der Waals surface area contributed by atoms with Gasteiger partial charge in [0.1, 0.15) is 11.4 Å². The minimum absolute atomic E-state index is 0.106. The van der Waals surface area contributed by atoms with Crippen molar-refractivity contribution in [1.29, 1.82) is 0 Å². The Morgan fingerprint density at radius 3 is 2.58 bits per heavy atom. The summed E-state index contributed by atoms with van der Waals surface area (Å²) < 4.78 is 7.71. The van der Waals surface area contributed by atoms with E-state index in [0.29, 0.717) is 23.7 Å². The van der Waals surface area contributed by atoms with Gasteiger partial charge in [-0.2, -0.15) is 0 Å². The van der Waals surface area contributed by atoms with E-state index in [1.807, 2.05) is 38.1 Å². The molecule has 0 atom stereocenters. The summed E-state index contributed by atoms with van der Waals surface area (Å²) in [5.41, 5.74) is 4.81.